The molecule has 2 saturated heterocycles. The van der Waals surface area contributed by atoms with E-state index in [0.29, 0.717) is 12.8 Å². The molecule has 0 spiro atoms. The molecule has 2 aliphatic rings. The van der Waals surface area contributed by atoms with Crippen LogP contribution < -0.4 is 21.3 Å². The Morgan fingerprint density at radius 1 is 0.878 bits per heavy atom. The Labute approximate surface area is 238 Å². The van der Waals surface area contributed by atoms with Crippen molar-refractivity contribution in [2.24, 2.45) is 11.8 Å². The summed E-state index contributed by atoms with van der Waals surface area (Å²) in [4.78, 5) is 87.4. The average molecular weight is 584 g/mol. The van der Waals surface area contributed by atoms with Gasteiger partial charge in [-0.3, -0.25) is 28.8 Å². The van der Waals surface area contributed by atoms with E-state index in [1.165, 1.54) is 12.0 Å². The molecule has 2 rings (SSSR count). The SMILES string of the molecule is COC(=O)CNC(=O)CNC(=O)[C@H](CC(C)C)NC(=O)[C@H]1O[C@@H]1C(=O)N[C@@H](CC(C)C)C(=O)N1CCC[C@H]1C(=O)O. The van der Waals surface area contributed by atoms with Gasteiger partial charge in [0.05, 0.1) is 13.7 Å². The van der Waals surface area contributed by atoms with E-state index in [1.54, 1.807) is 0 Å². The van der Waals surface area contributed by atoms with Crippen LogP contribution in [0.3, 0.4) is 0 Å². The van der Waals surface area contributed by atoms with Crippen molar-refractivity contribution in [2.45, 2.75) is 83.7 Å². The number of carboxylic acids is 1. The van der Waals surface area contributed by atoms with Crippen LogP contribution in [0.15, 0.2) is 0 Å². The number of nitrogens with zero attached hydrogens (tertiary/aromatic N) is 1. The Bertz CT molecular complexity index is 1020. The van der Waals surface area contributed by atoms with Gasteiger partial charge in [0.15, 0.2) is 12.2 Å². The molecule has 15 heteroatoms. The van der Waals surface area contributed by atoms with Gasteiger partial charge in [-0.15, -0.1) is 0 Å². The van der Waals surface area contributed by atoms with Gasteiger partial charge < -0.3 is 40.7 Å². The van der Waals surface area contributed by atoms with Crippen LogP contribution in [0.2, 0.25) is 0 Å². The molecule has 5 N–H and O–H groups in total. The van der Waals surface area contributed by atoms with Crippen molar-refractivity contribution in [1.29, 1.82) is 0 Å². The van der Waals surface area contributed by atoms with Crippen LogP contribution in [-0.2, 0) is 43.0 Å². The highest BCUT2D eigenvalue weighted by molar-refractivity contribution is 5.99. The van der Waals surface area contributed by atoms with E-state index in [4.69, 9.17) is 4.74 Å². The molecule has 5 atom stereocenters. The number of methoxy groups -OCH3 is 1. The number of rotatable bonds is 15. The Morgan fingerprint density at radius 3 is 1.98 bits per heavy atom. The molecule has 0 unspecified atom stereocenters. The zero-order valence-electron chi connectivity index (χ0n) is 24.1. The smallest absolute Gasteiger partial charge is 0.326 e. The van der Waals surface area contributed by atoms with Gasteiger partial charge in [-0.1, -0.05) is 27.7 Å². The first-order chi connectivity index (χ1) is 19.2. The normalized spacial score (nSPS) is 21.0. The zero-order valence-corrected chi connectivity index (χ0v) is 24.1. The fourth-order valence-corrected chi connectivity index (χ4v) is 4.50. The molecule has 15 nitrogen and oxygen atoms in total. The largest absolute Gasteiger partial charge is 0.480 e. The van der Waals surface area contributed by atoms with Crippen molar-refractivity contribution in [1.82, 2.24) is 26.2 Å². The lowest BCUT2D eigenvalue weighted by Gasteiger charge is -2.28. The van der Waals surface area contributed by atoms with Gasteiger partial charge >= 0.3 is 11.9 Å². The quantitative estimate of drug-likeness (QED) is 0.109. The number of likely N-dealkylation sites (tertiary alicyclic amines) is 1. The predicted molar refractivity (Wildman–Crippen MR) is 142 cm³/mol. The van der Waals surface area contributed by atoms with Crippen molar-refractivity contribution >= 4 is 41.5 Å². The third-order valence-electron chi connectivity index (χ3n) is 6.57. The van der Waals surface area contributed by atoms with Crippen LogP contribution in [0.25, 0.3) is 0 Å². The van der Waals surface area contributed by atoms with Gasteiger partial charge in [-0.05, 0) is 37.5 Å². The Morgan fingerprint density at radius 2 is 1.44 bits per heavy atom. The van der Waals surface area contributed by atoms with Crippen molar-refractivity contribution in [3.8, 4) is 0 Å². The molecule has 230 valence electrons. The molecule has 2 aliphatic heterocycles. The summed E-state index contributed by atoms with van der Waals surface area (Å²) < 4.78 is 9.70. The van der Waals surface area contributed by atoms with Crippen LogP contribution in [0.1, 0.15) is 53.4 Å². The second-order valence-corrected chi connectivity index (χ2v) is 11.0. The fourth-order valence-electron chi connectivity index (χ4n) is 4.50. The minimum absolute atomic E-state index is 0.00667. The summed E-state index contributed by atoms with van der Waals surface area (Å²) in [5.74, 6) is -4.93. The maximum atomic E-state index is 13.1. The summed E-state index contributed by atoms with van der Waals surface area (Å²) in [7, 11) is 1.17. The number of carboxylic acid groups (broad SMARTS) is 1. The van der Waals surface area contributed by atoms with Crippen molar-refractivity contribution < 1.29 is 48.1 Å². The summed E-state index contributed by atoms with van der Waals surface area (Å²) in [6.07, 6.45) is -0.993. The minimum atomic E-state index is -1.19. The van der Waals surface area contributed by atoms with Gasteiger partial charge in [0.2, 0.25) is 17.7 Å². The number of carbonyl (C=O) groups excluding carboxylic acids is 6. The van der Waals surface area contributed by atoms with Crippen LogP contribution in [0.4, 0.5) is 0 Å². The molecule has 5 amide bonds. The number of carbonyl (C=O) groups is 7. The molecule has 0 saturated carbocycles. The van der Waals surface area contributed by atoms with Crippen molar-refractivity contribution in [2.75, 3.05) is 26.7 Å². The van der Waals surface area contributed by atoms with Crippen LogP contribution in [0.5, 0.6) is 0 Å². The second kappa shape index (κ2) is 15.3. The standard InChI is InChI=1S/C26H41N5O10/c1-13(2)9-15(22(34)28-11-18(32)27-12-19(33)40-5)29-23(35)20-21(41-20)24(36)30-16(10-14(3)4)25(37)31-8-6-7-17(31)26(38)39/h13-17,20-21H,6-12H2,1-5H3,(H,27,32)(H,28,34)(H,29,35)(H,30,36)(H,38,39)/t15-,16-,17-,20-,21-/m0/s1. The van der Waals surface area contributed by atoms with E-state index in [0.717, 1.165) is 0 Å². The fraction of sp³-hybridized carbons (Fsp3) is 0.731. The summed E-state index contributed by atoms with van der Waals surface area (Å²) >= 11 is 0. The van der Waals surface area contributed by atoms with Crippen molar-refractivity contribution in [3.63, 3.8) is 0 Å². The molecular formula is C26H41N5O10. The molecule has 0 aliphatic carbocycles. The molecule has 0 radical (unpaired) electrons. The number of esters is 1. The van der Waals surface area contributed by atoms with E-state index in [-0.39, 0.29) is 37.8 Å². The van der Waals surface area contributed by atoms with E-state index in [1.807, 2.05) is 27.7 Å². The monoisotopic (exact) mass is 583 g/mol. The lowest BCUT2D eigenvalue weighted by atomic mass is 10.0. The number of amides is 5. The highest BCUT2D eigenvalue weighted by Crippen LogP contribution is 2.25. The highest BCUT2D eigenvalue weighted by Gasteiger charge is 2.52. The molecular weight excluding hydrogens is 542 g/mol. The van der Waals surface area contributed by atoms with Crippen molar-refractivity contribution in [3.05, 3.63) is 0 Å². The molecule has 0 aromatic heterocycles. The Balaban J connectivity index is 1.95. The van der Waals surface area contributed by atoms with Gasteiger partial charge in [-0.2, -0.15) is 0 Å². The van der Waals surface area contributed by atoms with Gasteiger partial charge in [-0.25, -0.2) is 4.79 Å². The molecule has 0 aromatic carbocycles. The predicted octanol–water partition coefficient (Wildman–Crippen LogP) is -1.70. The number of hydrogen-bond acceptors (Lipinski definition) is 9. The highest BCUT2D eigenvalue weighted by atomic mass is 16.6. The van der Waals surface area contributed by atoms with Gasteiger partial charge in [0.1, 0.15) is 24.7 Å². The van der Waals surface area contributed by atoms with Crippen LogP contribution in [-0.4, -0.2) is 109 Å². The van der Waals surface area contributed by atoms with Gasteiger partial charge in [0.25, 0.3) is 11.8 Å². The number of ether oxygens (including phenoxy) is 2. The zero-order chi connectivity index (χ0) is 30.9. The number of epoxide rings is 1. The summed E-state index contributed by atoms with van der Waals surface area (Å²) in [6, 6.07) is -2.96. The average Bonchev–Trinajstić information content (AvgIpc) is 3.56. The Hall–Kier alpha value is -3.75. The molecule has 2 heterocycles. The maximum absolute atomic E-state index is 13.1. The third-order valence-corrected chi connectivity index (χ3v) is 6.57. The van der Waals surface area contributed by atoms with Crippen LogP contribution in [0, 0.1) is 11.8 Å². The third kappa shape index (κ3) is 10.3. The first kappa shape index (κ1) is 33.5. The van der Waals surface area contributed by atoms with E-state index < -0.39 is 78.4 Å². The first-order valence-electron chi connectivity index (χ1n) is 13.7. The summed E-state index contributed by atoms with van der Waals surface area (Å²) in [5.41, 5.74) is 0. The first-order valence-corrected chi connectivity index (χ1v) is 13.7. The van der Waals surface area contributed by atoms with E-state index in [9.17, 15) is 38.7 Å². The molecule has 0 bridgehead atoms. The maximum Gasteiger partial charge on any atom is 0.326 e. The molecule has 0 aromatic rings. The second-order valence-electron chi connectivity index (χ2n) is 11.0. The number of hydrogen-bond donors (Lipinski definition) is 5. The van der Waals surface area contributed by atoms with Crippen LogP contribution >= 0.6 is 0 Å². The summed E-state index contributed by atoms with van der Waals surface area (Å²) in [5, 5.41) is 19.3. The van der Waals surface area contributed by atoms with Gasteiger partial charge in [0, 0.05) is 6.54 Å². The Kier molecular flexibility index (Phi) is 12.5. The lowest BCUT2D eigenvalue weighted by Crippen LogP contribution is -2.53. The van der Waals surface area contributed by atoms with E-state index in [2.05, 4.69) is 26.0 Å². The molecule has 41 heavy (non-hydrogen) atoms. The number of aliphatic carboxylic acids is 1. The number of nitrogens with one attached hydrogen (secondary N) is 4. The summed E-state index contributed by atoms with van der Waals surface area (Å²) in [6.45, 7) is 6.87. The lowest BCUT2D eigenvalue weighted by molar-refractivity contribution is -0.149. The topological polar surface area (TPSA) is 213 Å². The molecule has 2 fully saturated rings. The minimum Gasteiger partial charge on any atom is -0.480 e. The van der Waals surface area contributed by atoms with E-state index >= 15 is 0 Å².